The lowest BCUT2D eigenvalue weighted by Crippen LogP contribution is -2.44. The van der Waals surface area contributed by atoms with E-state index >= 15 is 0 Å². The SMILES string of the molecule is COCCN(C(=O)CSc1ccc2ccccc2n1)[C@H]1CCS(=O)(=O)C1. The molecular formula is C18H22N2O4S2. The van der Waals surface area contributed by atoms with Gasteiger partial charge >= 0.3 is 0 Å². The normalized spacial score (nSPS) is 18.9. The maximum atomic E-state index is 12.7. The summed E-state index contributed by atoms with van der Waals surface area (Å²) in [4.78, 5) is 18.9. The van der Waals surface area contributed by atoms with Crippen LogP contribution in [0.25, 0.3) is 10.9 Å². The van der Waals surface area contributed by atoms with Gasteiger partial charge in [-0.05, 0) is 18.6 Å². The Morgan fingerprint density at radius 2 is 2.12 bits per heavy atom. The average molecular weight is 395 g/mol. The lowest BCUT2D eigenvalue weighted by molar-refractivity contribution is -0.130. The Morgan fingerprint density at radius 1 is 1.31 bits per heavy atom. The Bertz CT molecular complexity index is 886. The van der Waals surface area contributed by atoms with E-state index in [1.54, 1.807) is 12.0 Å². The Hall–Kier alpha value is -1.64. The highest BCUT2D eigenvalue weighted by Crippen LogP contribution is 2.23. The number of thioether (sulfide) groups is 1. The van der Waals surface area contributed by atoms with Gasteiger partial charge < -0.3 is 9.64 Å². The monoisotopic (exact) mass is 394 g/mol. The third kappa shape index (κ3) is 4.75. The fourth-order valence-corrected chi connectivity index (χ4v) is 5.56. The summed E-state index contributed by atoms with van der Waals surface area (Å²) in [5, 5.41) is 1.84. The standard InChI is InChI=1S/C18H22N2O4S2/c1-24-10-9-20(15-8-11-26(22,23)13-15)18(21)12-25-17-7-6-14-4-2-3-5-16(14)19-17/h2-7,15H,8-13H2,1H3/t15-/m0/s1. The Balaban J connectivity index is 1.66. The van der Waals surface area contributed by atoms with Crippen molar-refractivity contribution >= 4 is 38.4 Å². The van der Waals surface area contributed by atoms with Crippen LogP contribution in [0.1, 0.15) is 6.42 Å². The molecule has 0 saturated carbocycles. The summed E-state index contributed by atoms with van der Waals surface area (Å²) < 4.78 is 28.6. The van der Waals surface area contributed by atoms with Crippen LogP contribution < -0.4 is 0 Å². The zero-order valence-electron chi connectivity index (χ0n) is 14.6. The number of fused-ring (bicyclic) bond motifs is 1. The van der Waals surface area contributed by atoms with Crippen LogP contribution >= 0.6 is 11.8 Å². The number of benzene rings is 1. The third-order valence-electron chi connectivity index (χ3n) is 4.42. The van der Waals surface area contributed by atoms with Gasteiger partial charge in [0, 0.05) is 25.1 Å². The van der Waals surface area contributed by atoms with Crippen LogP contribution in [0.3, 0.4) is 0 Å². The first-order valence-electron chi connectivity index (χ1n) is 8.46. The van der Waals surface area contributed by atoms with Gasteiger partial charge in [-0.1, -0.05) is 36.0 Å². The molecule has 0 radical (unpaired) electrons. The molecule has 1 aromatic heterocycles. The summed E-state index contributed by atoms with van der Waals surface area (Å²) in [6.07, 6.45) is 0.497. The Kier molecular flexibility index (Phi) is 6.16. The molecule has 0 bridgehead atoms. The van der Waals surface area contributed by atoms with Crippen molar-refractivity contribution in [3.63, 3.8) is 0 Å². The topological polar surface area (TPSA) is 76.6 Å². The molecule has 0 spiro atoms. The molecular weight excluding hydrogens is 372 g/mol. The van der Waals surface area contributed by atoms with Crippen molar-refractivity contribution in [1.29, 1.82) is 0 Å². The second kappa shape index (κ2) is 8.37. The number of carbonyl (C=O) groups is 1. The molecule has 1 aromatic carbocycles. The van der Waals surface area contributed by atoms with Gasteiger partial charge in [-0.3, -0.25) is 4.79 Å². The molecule has 0 N–H and O–H groups in total. The molecule has 2 aromatic rings. The molecule has 26 heavy (non-hydrogen) atoms. The largest absolute Gasteiger partial charge is 0.383 e. The zero-order valence-corrected chi connectivity index (χ0v) is 16.3. The number of hydrogen-bond donors (Lipinski definition) is 0. The highest BCUT2D eigenvalue weighted by Gasteiger charge is 2.34. The minimum atomic E-state index is -3.04. The highest BCUT2D eigenvalue weighted by molar-refractivity contribution is 7.99. The number of para-hydroxylation sites is 1. The van der Waals surface area contributed by atoms with Gasteiger partial charge in [-0.15, -0.1) is 0 Å². The molecule has 1 amide bonds. The third-order valence-corrected chi connectivity index (χ3v) is 7.09. The first-order chi connectivity index (χ1) is 12.5. The second-order valence-corrected chi connectivity index (χ2v) is 9.49. The van der Waals surface area contributed by atoms with Crippen molar-refractivity contribution in [2.24, 2.45) is 0 Å². The molecule has 1 saturated heterocycles. The molecule has 1 aliphatic rings. The van der Waals surface area contributed by atoms with E-state index in [9.17, 15) is 13.2 Å². The van der Waals surface area contributed by atoms with Crippen LogP contribution in [0.2, 0.25) is 0 Å². The van der Waals surface area contributed by atoms with Crippen molar-refractivity contribution in [2.75, 3.05) is 37.5 Å². The number of ether oxygens (including phenoxy) is 1. The molecule has 1 fully saturated rings. The van der Waals surface area contributed by atoms with E-state index in [1.165, 1.54) is 11.8 Å². The number of hydrogen-bond acceptors (Lipinski definition) is 6. The molecule has 3 rings (SSSR count). The van der Waals surface area contributed by atoms with Crippen molar-refractivity contribution in [3.8, 4) is 0 Å². The van der Waals surface area contributed by atoms with Crippen LogP contribution in [0.5, 0.6) is 0 Å². The van der Waals surface area contributed by atoms with Gasteiger partial charge in [0.25, 0.3) is 0 Å². The number of rotatable bonds is 7. The minimum Gasteiger partial charge on any atom is -0.383 e. The summed E-state index contributed by atoms with van der Waals surface area (Å²) >= 11 is 1.37. The summed E-state index contributed by atoms with van der Waals surface area (Å²) in [5.74, 6) is 0.338. The number of methoxy groups -OCH3 is 1. The summed E-state index contributed by atoms with van der Waals surface area (Å²) in [6, 6.07) is 11.5. The van der Waals surface area contributed by atoms with Gasteiger partial charge in [0.2, 0.25) is 5.91 Å². The zero-order chi connectivity index (χ0) is 18.6. The molecule has 1 atom stereocenters. The minimum absolute atomic E-state index is 0.0430. The number of amides is 1. The molecule has 1 aliphatic heterocycles. The van der Waals surface area contributed by atoms with Crippen molar-refractivity contribution in [2.45, 2.75) is 17.5 Å². The molecule has 8 heteroatoms. The van der Waals surface area contributed by atoms with Gasteiger partial charge in [-0.25, -0.2) is 13.4 Å². The average Bonchev–Trinajstić information content (AvgIpc) is 2.99. The summed E-state index contributed by atoms with van der Waals surface area (Å²) in [7, 11) is -1.47. The molecule has 2 heterocycles. The van der Waals surface area contributed by atoms with Crippen molar-refractivity contribution in [3.05, 3.63) is 36.4 Å². The molecule has 0 unspecified atom stereocenters. The Labute approximate surface area is 157 Å². The number of nitrogens with zero attached hydrogens (tertiary/aromatic N) is 2. The number of sulfone groups is 1. The first kappa shape index (κ1) is 19.1. The lowest BCUT2D eigenvalue weighted by atomic mass is 10.2. The van der Waals surface area contributed by atoms with E-state index in [4.69, 9.17) is 4.74 Å². The molecule has 0 aliphatic carbocycles. The fourth-order valence-electron chi connectivity index (χ4n) is 3.07. The fraction of sp³-hybridized carbons (Fsp3) is 0.444. The smallest absolute Gasteiger partial charge is 0.233 e. The molecule has 140 valence electrons. The van der Waals surface area contributed by atoms with Crippen LogP contribution in [-0.2, 0) is 19.4 Å². The van der Waals surface area contributed by atoms with Crippen LogP contribution in [0.15, 0.2) is 41.4 Å². The second-order valence-electron chi connectivity index (χ2n) is 6.27. The quantitative estimate of drug-likeness (QED) is 0.669. The van der Waals surface area contributed by atoms with E-state index in [1.807, 2.05) is 36.4 Å². The van der Waals surface area contributed by atoms with Crippen LogP contribution in [0, 0.1) is 0 Å². The van der Waals surface area contributed by atoms with Gasteiger partial charge in [0.05, 0.1) is 34.4 Å². The maximum Gasteiger partial charge on any atom is 0.233 e. The van der Waals surface area contributed by atoms with Gasteiger partial charge in [0.15, 0.2) is 9.84 Å². The van der Waals surface area contributed by atoms with Crippen molar-refractivity contribution < 1.29 is 17.9 Å². The number of pyridine rings is 1. The summed E-state index contributed by atoms with van der Waals surface area (Å²) in [6.45, 7) is 0.794. The van der Waals surface area contributed by atoms with Gasteiger partial charge in [0.1, 0.15) is 0 Å². The predicted octanol–water partition coefficient (Wildman–Crippen LogP) is 1.99. The lowest BCUT2D eigenvalue weighted by Gasteiger charge is -2.28. The van der Waals surface area contributed by atoms with E-state index in [2.05, 4.69) is 4.98 Å². The predicted molar refractivity (Wildman–Crippen MR) is 103 cm³/mol. The van der Waals surface area contributed by atoms with Crippen LogP contribution in [-0.4, -0.2) is 67.8 Å². The van der Waals surface area contributed by atoms with Crippen molar-refractivity contribution in [1.82, 2.24) is 9.88 Å². The highest BCUT2D eigenvalue weighted by atomic mass is 32.2. The van der Waals surface area contributed by atoms with Crippen LogP contribution in [0.4, 0.5) is 0 Å². The Morgan fingerprint density at radius 3 is 2.85 bits per heavy atom. The molecule has 6 nitrogen and oxygen atoms in total. The van der Waals surface area contributed by atoms with Gasteiger partial charge in [-0.2, -0.15) is 0 Å². The number of aromatic nitrogens is 1. The van der Waals surface area contributed by atoms with E-state index < -0.39 is 9.84 Å². The maximum absolute atomic E-state index is 12.7. The first-order valence-corrected chi connectivity index (χ1v) is 11.3. The van der Waals surface area contributed by atoms with E-state index in [0.717, 1.165) is 15.9 Å². The summed E-state index contributed by atoms with van der Waals surface area (Å²) in [5.41, 5.74) is 0.892. The van der Waals surface area contributed by atoms with E-state index in [-0.39, 0.29) is 29.2 Å². The van der Waals surface area contributed by atoms with E-state index in [0.29, 0.717) is 19.6 Å². The number of carbonyl (C=O) groups excluding carboxylic acids is 1.